The Balaban J connectivity index is 2.37. The van der Waals surface area contributed by atoms with Crippen LogP contribution in [0.3, 0.4) is 0 Å². The summed E-state index contributed by atoms with van der Waals surface area (Å²) in [6, 6.07) is 0. The number of carboxylic acids is 1. The molecule has 3 aliphatic carbocycles. The maximum atomic E-state index is 11.7. The fraction of sp³-hybridized carbons (Fsp3) is 0.636. The van der Waals surface area contributed by atoms with E-state index in [4.69, 9.17) is 0 Å². The average molecular weight is 210 g/mol. The Morgan fingerprint density at radius 2 is 1.87 bits per heavy atom. The summed E-state index contributed by atoms with van der Waals surface area (Å²) in [6.07, 6.45) is 6.08. The van der Waals surface area contributed by atoms with Crippen LogP contribution in [0.1, 0.15) is 19.3 Å². The summed E-state index contributed by atoms with van der Waals surface area (Å²) in [4.78, 5) is 23.0. The standard InChI is InChI=1S/C11H14O4/c1-15-10(14)11(9(12)13)7-4-2-3-5-8(11)6-7/h2-3,7-8H,4-6H2,1H3,(H,12,13). The van der Waals surface area contributed by atoms with Crippen LogP contribution in [0.25, 0.3) is 0 Å². The van der Waals surface area contributed by atoms with E-state index in [-0.39, 0.29) is 11.8 Å². The van der Waals surface area contributed by atoms with Crippen molar-refractivity contribution in [3.8, 4) is 0 Å². The van der Waals surface area contributed by atoms with Crippen molar-refractivity contribution in [1.29, 1.82) is 0 Å². The van der Waals surface area contributed by atoms with Crippen LogP contribution in [0.4, 0.5) is 0 Å². The number of aliphatic carboxylic acids is 1. The molecule has 82 valence electrons. The molecule has 1 N–H and O–H groups in total. The number of esters is 1. The number of methoxy groups -OCH3 is 1. The summed E-state index contributed by atoms with van der Waals surface area (Å²) in [5, 5.41) is 9.29. The van der Waals surface area contributed by atoms with Gasteiger partial charge in [0.2, 0.25) is 0 Å². The van der Waals surface area contributed by atoms with Gasteiger partial charge in [-0.15, -0.1) is 0 Å². The van der Waals surface area contributed by atoms with Gasteiger partial charge < -0.3 is 9.84 Å². The molecular weight excluding hydrogens is 196 g/mol. The summed E-state index contributed by atoms with van der Waals surface area (Å²) < 4.78 is 4.66. The number of allylic oxidation sites excluding steroid dienone is 2. The van der Waals surface area contributed by atoms with Crippen molar-refractivity contribution < 1.29 is 19.4 Å². The maximum Gasteiger partial charge on any atom is 0.323 e. The molecule has 0 spiro atoms. The van der Waals surface area contributed by atoms with Gasteiger partial charge in [-0.2, -0.15) is 0 Å². The molecule has 0 aliphatic heterocycles. The van der Waals surface area contributed by atoms with Crippen molar-refractivity contribution in [2.45, 2.75) is 19.3 Å². The van der Waals surface area contributed by atoms with Crippen LogP contribution in [0.2, 0.25) is 0 Å². The van der Waals surface area contributed by atoms with Gasteiger partial charge in [-0.05, 0) is 31.1 Å². The van der Waals surface area contributed by atoms with Gasteiger partial charge in [0.15, 0.2) is 5.41 Å². The van der Waals surface area contributed by atoms with Crippen molar-refractivity contribution >= 4 is 11.9 Å². The number of hydrogen-bond acceptors (Lipinski definition) is 3. The molecule has 0 aromatic heterocycles. The van der Waals surface area contributed by atoms with Crippen LogP contribution in [-0.4, -0.2) is 24.2 Å². The zero-order chi connectivity index (χ0) is 11.1. The van der Waals surface area contributed by atoms with Crippen LogP contribution < -0.4 is 0 Å². The molecule has 2 bridgehead atoms. The van der Waals surface area contributed by atoms with Crippen molar-refractivity contribution in [2.75, 3.05) is 7.11 Å². The lowest BCUT2D eigenvalue weighted by molar-refractivity contribution is -0.191. The molecule has 0 heterocycles. The van der Waals surface area contributed by atoms with Crippen LogP contribution in [-0.2, 0) is 14.3 Å². The van der Waals surface area contributed by atoms with Gasteiger partial charge in [0, 0.05) is 0 Å². The summed E-state index contributed by atoms with van der Waals surface area (Å²) in [5.74, 6) is -1.79. The molecule has 1 fully saturated rings. The number of ether oxygens (including phenoxy) is 1. The minimum atomic E-state index is -1.28. The number of fused-ring (bicyclic) bond motifs is 2. The highest BCUT2D eigenvalue weighted by atomic mass is 16.5. The number of carbonyl (C=O) groups is 2. The van der Waals surface area contributed by atoms with Gasteiger partial charge in [-0.3, -0.25) is 9.59 Å². The Kier molecular flexibility index (Phi) is 2.29. The molecule has 0 amide bonds. The van der Waals surface area contributed by atoms with E-state index < -0.39 is 17.4 Å². The van der Waals surface area contributed by atoms with Crippen LogP contribution in [0.5, 0.6) is 0 Å². The van der Waals surface area contributed by atoms with E-state index in [1.54, 1.807) is 0 Å². The summed E-state index contributed by atoms with van der Waals surface area (Å²) in [7, 11) is 1.25. The minimum Gasteiger partial charge on any atom is -0.480 e. The third-order valence-corrected chi connectivity index (χ3v) is 3.74. The van der Waals surface area contributed by atoms with Crippen molar-refractivity contribution in [2.24, 2.45) is 17.3 Å². The minimum absolute atomic E-state index is 0.0915. The lowest BCUT2D eigenvalue weighted by atomic mass is 9.51. The molecular formula is C11H14O4. The Labute approximate surface area is 87.9 Å². The Bertz CT molecular complexity index is 317. The molecule has 15 heavy (non-hydrogen) atoms. The van der Waals surface area contributed by atoms with Crippen LogP contribution in [0, 0.1) is 17.3 Å². The number of carboxylic acid groups (broad SMARTS) is 1. The van der Waals surface area contributed by atoms with E-state index in [2.05, 4.69) is 4.74 Å². The first-order valence-electron chi connectivity index (χ1n) is 5.10. The van der Waals surface area contributed by atoms with Crippen LogP contribution >= 0.6 is 0 Å². The quantitative estimate of drug-likeness (QED) is 0.423. The van der Waals surface area contributed by atoms with E-state index in [0.717, 1.165) is 6.42 Å². The third-order valence-electron chi connectivity index (χ3n) is 3.74. The Morgan fingerprint density at radius 1 is 1.33 bits per heavy atom. The number of hydrogen-bond donors (Lipinski definition) is 1. The van der Waals surface area contributed by atoms with Gasteiger partial charge in [0.25, 0.3) is 0 Å². The molecule has 2 atom stereocenters. The fourth-order valence-corrected chi connectivity index (χ4v) is 2.91. The molecule has 2 unspecified atom stereocenters. The second-order valence-corrected chi connectivity index (χ2v) is 4.24. The zero-order valence-corrected chi connectivity index (χ0v) is 8.60. The topological polar surface area (TPSA) is 63.6 Å². The fourth-order valence-electron chi connectivity index (χ4n) is 2.91. The molecule has 0 aromatic carbocycles. The van der Waals surface area contributed by atoms with Gasteiger partial charge in [0.1, 0.15) is 0 Å². The van der Waals surface area contributed by atoms with Crippen molar-refractivity contribution in [3.63, 3.8) is 0 Å². The maximum absolute atomic E-state index is 11.7. The number of rotatable bonds is 2. The first-order chi connectivity index (χ1) is 7.14. The number of carbonyl (C=O) groups excluding carboxylic acids is 1. The van der Waals surface area contributed by atoms with E-state index in [1.165, 1.54) is 7.11 Å². The second kappa shape index (κ2) is 3.36. The summed E-state index contributed by atoms with van der Waals surface area (Å²) >= 11 is 0. The normalized spacial score (nSPS) is 37.7. The van der Waals surface area contributed by atoms with Crippen molar-refractivity contribution in [3.05, 3.63) is 12.2 Å². The third kappa shape index (κ3) is 1.14. The SMILES string of the molecule is COC(=O)C1(C(=O)O)C2CC=CCC1C2. The highest BCUT2D eigenvalue weighted by molar-refractivity contribution is 6.01. The highest BCUT2D eigenvalue weighted by Gasteiger charge is 2.65. The van der Waals surface area contributed by atoms with Crippen LogP contribution in [0.15, 0.2) is 12.2 Å². The molecule has 0 radical (unpaired) electrons. The molecule has 3 rings (SSSR count). The molecule has 0 saturated heterocycles. The molecule has 1 saturated carbocycles. The molecule has 4 heteroatoms. The molecule has 3 aliphatic rings. The monoisotopic (exact) mass is 210 g/mol. The first-order valence-corrected chi connectivity index (χ1v) is 5.10. The van der Waals surface area contributed by atoms with Crippen molar-refractivity contribution in [1.82, 2.24) is 0 Å². The second-order valence-electron chi connectivity index (χ2n) is 4.24. The zero-order valence-electron chi connectivity index (χ0n) is 8.60. The van der Waals surface area contributed by atoms with Gasteiger partial charge in [-0.1, -0.05) is 12.2 Å². The predicted octanol–water partition coefficient (Wildman–Crippen LogP) is 1.22. The van der Waals surface area contributed by atoms with E-state index in [0.29, 0.717) is 12.8 Å². The van der Waals surface area contributed by atoms with Gasteiger partial charge in [0.05, 0.1) is 7.11 Å². The first kappa shape index (κ1) is 10.2. The Hall–Kier alpha value is -1.32. The lowest BCUT2D eigenvalue weighted by Gasteiger charge is -2.49. The molecule has 4 nitrogen and oxygen atoms in total. The summed E-state index contributed by atoms with van der Waals surface area (Å²) in [6.45, 7) is 0. The average Bonchev–Trinajstić information content (AvgIpc) is 2.51. The highest BCUT2D eigenvalue weighted by Crippen LogP contribution is 2.57. The largest absolute Gasteiger partial charge is 0.480 e. The van der Waals surface area contributed by atoms with E-state index in [9.17, 15) is 14.7 Å². The smallest absolute Gasteiger partial charge is 0.323 e. The predicted molar refractivity (Wildman–Crippen MR) is 52.1 cm³/mol. The van der Waals surface area contributed by atoms with Gasteiger partial charge >= 0.3 is 11.9 Å². The van der Waals surface area contributed by atoms with Gasteiger partial charge in [-0.25, -0.2) is 0 Å². The summed E-state index contributed by atoms with van der Waals surface area (Å²) in [5.41, 5.74) is -1.28. The molecule has 0 aromatic rings. The lowest BCUT2D eigenvalue weighted by Crippen LogP contribution is -2.59. The van der Waals surface area contributed by atoms with E-state index in [1.807, 2.05) is 12.2 Å². The Morgan fingerprint density at radius 3 is 2.27 bits per heavy atom. The van der Waals surface area contributed by atoms with E-state index >= 15 is 0 Å².